The van der Waals surface area contributed by atoms with Crippen LogP contribution >= 0.6 is 0 Å². The number of nitrogens with zero attached hydrogens (tertiary/aromatic N) is 1. The molecular formula is C18H21NO. The Bertz CT molecular complexity index is 633. The monoisotopic (exact) mass is 267 g/mol. The van der Waals surface area contributed by atoms with E-state index in [1.807, 2.05) is 38.4 Å². The van der Waals surface area contributed by atoms with E-state index in [-0.39, 0.29) is 11.3 Å². The number of ketones is 1. The summed E-state index contributed by atoms with van der Waals surface area (Å²) in [5.41, 5.74) is 0.572. The number of carbonyl (C=O) groups excluding carboxylic acids is 1. The Morgan fingerprint density at radius 1 is 1.00 bits per heavy atom. The van der Waals surface area contributed by atoms with E-state index in [0.717, 1.165) is 42.0 Å². The Morgan fingerprint density at radius 3 is 2.35 bits per heavy atom. The van der Waals surface area contributed by atoms with E-state index in [1.54, 1.807) is 0 Å². The van der Waals surface area contributed by atoms with Crippen LogP contribution < -0.4 is 0 Å². The molecule has 0 bridgehead atoms. The number of hydrogen-bond acceptors (Lipinski definition) is 2. The zero-order chi connectivity index (χ0) is 14.2. The summed E-state index contributed by atoms with van der Waals surface area (Å²) in [7, 11) is 4.07. The summed E-state index contributed by atoms with van der Waals surface area (Å²) in [5, 5.41) is 2.22. The highest BCUT2D eigenvalue weighted by Crippen LogP contribution is 2.37. The maximum absolute atomic E-state index is 13.2. The Morgan fingerprint density at radius 2 is 1.65 bits per heavy atom. The van der Waals surface area contributed by atoms with Crippen LogP contribution in [0.15, 0.2) is 42.5 Å². The van der Waals surface area contributed by atoms with Crippen molar-refractivity contribution in [2.75, 3.05) is 14.1 Å². The van der Waals surface area contributed by atoms with Crippen LogP contribution in [0.1, 0.15) is 36.0 Å². The Hall–Kier alpha value is -1.67. The van der Waals surface area contributed by atoms with E-state index in [1.165, 1.54) is 0 Å². The van der Waals surface area contributed by atoms with Crippen molar-refractivity contribution in [3.05, 3.63) is 48.0 Å². The van der Waals surface area contributed by atoms with Crippen LogP contribution in [0.25, 0.3) is 10.8 Å². The fourth-order valence-electron chi connectivity index (χ4n) is 3.51. The van der Waals surface area contributed by atoms with Crippen LogP contribution in [-0.4, -0.2) is 30.3 Å². The van der Waals surface area contributed by atoms with Crippen molar-refractivity contribution in [2.45, 2.75) is 31.2 Å². The van der Waals surface area contributed by atoms with Gasteiger partial charge in [0.25, 0.3) is 0 Å². The average Bonchev–Trinajstić information content (AvgIpc) is 2.97. The van der Waals surface area contributed by atoms with Crippen LogP contribution in [0, 0.1) is 0 Å². The number of likely N-dealkylation sites (N-methyl/N-ethyl adjacent to an activating group) is 1. The van der Waals surface area contributed by atoms with Crippen LogP contribution in [-0.2, 0) is 0 Å². The molecule has 0 spiro atoms. The molecule has 0 saturated heterocycles. The van der Waals surface area contributed by atoms with Gasteiger partial charge in [0.1, 0.15) is 0 Å². The lowest BCUT2D eigenvalue weighted by Gasteiger charge is -2.35. The van der Waals surface area contributed by atoms with E-state index < -0.39 is 0 Å². The van der Waals surface area contributed by atoms with Crippen molar-refractivity contribution >= 4 is 16.6 Å². The zero-order valence-electron chi connectivity index (χ0n) is 12.2. The summed E-state index contributed by atoms with van der Waals surface area (Å²) in [5.74, 6) is 0.289. The minimum absolute atomic E-state index is 0.289. The topological polar surface area (TPSA) is 20.3 Å². The van der Waals surface area contributed by atoms with Crippen LogP contribution in [0.4, 0.5) is 0 Å². The number of fused-ring (bicyclic) bond motifs is 1. The fraction of sp³-hybridized carbons (Fsp3) is 0.389. The quantitative estimate of drug-likeness (QED) is 0.786. The first-order valence-corrected chi connectivity index (χ1v) is 7.35. The molecule has 0 atom stereocenters. The second-order valence-corrected chi connectivity index (χ2v) is 5.99. The molecule has 104 valence electrons. The summed E-state index contributed by atoms with van der Waals surface area (Å²) < 4.78 is 0. The van der Waals surface area contributed by atoms with Gasteiger partial charge in [0.05, 0.1) is 5.54 Å². The van der Waals surface area contributed by atoms with Gasteiger partial charge in [-0.3, -0.25) is 9.69 Å². The molecule has 0 N–H and O–H groups in total. The second kappa shape index (κ2) is 5.02. The van der Waals surface area contributed by atoms with E-state index in [0.29, 0.717) is 0 Å². The fourth-order valence-corrected chi connectivity index (χ4v) is 3.51. The Kier molecular flexibility index (Phi) is 3.35. The minimum atomic E-state index is -0.301. The van der Waals surface area contributed by atoms with E-state index in [2.05, 4.69) is 23.1 Å². The third-order valence-electron chi connectivity index (χ3n) is 4.74. The first-order valence-electron chi connectivity index (χ1n) is 7.35. The van der Waals surface area contributed by atoms with Gasteiger partial charge in [-0.25, -0.2) is 0 Å². The number of rotatable bonds is 3. The van der Waals surface area contributed by atoms with E-state index in [4.69, 9.17) is 0 Å². The summed E-state index contributed by atoms with van der Waals surface area (Å²) in [6.07, 6.45) is 4.24. The molecule has 0 radical (unpaired) electrons. The van der Waals surface area contributed by atoms with Gasteiger partial charge < -0.3 is 0 Å². The lowest BCUT2D eigenvalue weighted by Crippen LogP contribution is -2.48. The van der Waals surface area contributed by atoms with Gasteiger partial charge in [0.2, 0.25) is 0 Å². The van der Waals surface area contributed by atoms with Gasteiger partial charge in [0.15, 0.2) is 5.78 Å². The van der Waals surface area contributed by atoms with Crippen LogP contribution in [0.3, 0.4) is 0 Å². The molecule has 1 aliphatic rings. The average molecular weight is 267 g/mol. The zero-order valence-corrected chi connectivity index (χ0v) is 12.2. The van der Waals surface area contributed by atoms with Crippen LogP contribution in [0.2, 0.25) is 0 Å². The minimum Gasteiger partial charge on any atom is -0.297 e. The molecule has 20 heavy (non-hydrogen) atoms. The van der Waals surface area contributed by atoms with Crippen molar-refractivity contribution < 1.29 is 4.79 Å². The summed E-state index contributed by atoms with van der Waals surface area (Å²) in [4.78, 5) is 15.3. The molecule has 2 aromatic rings. The molecule has 0 heterocycles. The summed E-state index contributed by atoms with van der Waals surface area (Å²) in [6, 6.07) is 14.2. The molecule has 2 nitrogen and oxygen atoms in total. The van der Waals surface area contributed by atoms with Crippen molar-refractivity contribution in [1.82, 2.24) is 4.90 Å². The molecule has 0 aliphatic heterocycles. The molecule has 1 fully saturated rings. The molecular weight excluding hydrogens is 246 g/mol. The third-order valence-corrected chi connectivity index (χ3v) is 4.74. The number of Topliss-reactive ketones (excluding diaryl/α,β-unsaturated/α-hetero) is 1. The SMILES string of the molecule is CN(C)C1(C(=O)c2cccc3ccccc23)CCCC1. The highest BCUT2D eigenvalue weighted by atomic mass is 16.1. The van der Waals surface area contributed by atoms with E-state index >= 15 is 0 Å². The van der Waals surface area contributed by atoms with Gasteiger partial charge in [0, 0.05) is 5.56 Å². The van der Waals surface area contributed by atoms with Crippen molar-refractivity contribution in [2.24, 2.45) is 0 Å². The van der Waals surface area contributed by atoms with Gasteiger partial charge in [-0.15, -0.1) is 0 Å². The standard InChI is InChI=1S/C18H21NO/c1-19(2)18(12-5-6-13-18)17(20)16-11-7-9-14-8-3-4-10-15(14)16/h3-4,7-11H,5-6,12-13H2,1-2H3. The lowest BCUT2D eigenvalue weighted by molar-refractivity contribution is 0.0695. The van der Waals surface area contributed by atoms with Crippen molar-refractivity contribution in [1.29, 1.82) is 0 Å². The first kappa shape index (κ1) is 13.3. The van der Waals surface area contributed by atoms with Crippen molar-refractivity contribution in [3.63, 3.8) is 0 Å². The summed E-state index contributed by atoms with van der Waals surface area (Å²) >= 11 is 0. The molecule has 1 aliphatic carbocycles. The molecule has 1 saturated carbocycles. The molecule has 0 amide bonds. The van der Waals surface area contributed by atoms with E-state index in [9.17, 15) is 4.79 Å². The highest BCUT2D eigenvalue weighted by Gasteiger charge is 2.43. The number of benzene rings is 2. The van der Waals surface area contributed by atoms with Crippen LogP contribution in [0.5, 0.6) is 0 Å². The molecule has 2 aromatic carbocycles. The smallest absolute Gasteiger partial charge is 0.183 e. The summed E-state index contributed by atoms with van der Waals surface area (Å²) in [6.45, 7) is 0. The molecule has 0 aromatic heterocycles. The van der Waals surface area contributed by atoms with Gasteiger partial charge in [-0.1, -0.05) is 55.3 Å². The Balaban J connectivity index is 2.13. The number of carbonyl (C=O) groups is 1. The molecule has 2 heteroatoms. The van der Waals surface area contributed by atoms with Crippen molar-refractivity contribution in [3.8, 4) is 0 Å². The molecule has 0 unspecified atom stereocenters. The van der Waals surface area contributed by atoms with Gasteiger partial charge in [-0.2, -0.15) is 0 Å². The normalized spacial score (nSPS) is 17.8. The Labute approximate surface area is 120 Å². The second-order valence-electron chi connectivity index (χ2n) is 5.99. The maximum atomic E-state index is 13.2. The third kappa shape index (κ3) is 1.95. The maximum Gasteiger partial charge on any atom is 0.183 e. The molecule has 3 rings (SSSR count). The first-order chi connectivity index (χ1) is 9.65. The van der Waals surface area contributed by atoms with Gasteiger partial charge in [-0.05, 0) is 37.7 Å². The highest BCUT2D eigenvalue weighted by molar-refractivity contribution is 6.12. The lowest BCUT2D eigenvalue weighted by atomic mass is 9.84. The number of hydrogen-bond donors (Lipinski definition) is 0. The predicted molar refractivity (Wildman–Crippen MR) is 83.2 cm³/mol. The predicted octanol–water partition coefficient (Wildman–Crippen LogP) is 3.90. The largest absolute Gasteiger partial charge is 0.297 e. The van der Waals surface area contributed by atoms with Gasteiger partial charge >= 0.3 is 0 Å².